The molecule has 0 unspecified atom stereocenters. The van der Waals surface area contributed by atoms with Gasteiger partial charge in [-0.05, 0) is 42.7 Å². The van der Waals surface area contributed by atoms with Crippen molar-refractivity contribution in [2.24, 2.45) is 7.05 Å². The molecule has 158 valence electrons. The number of amides is 1. The third kappa shape index (κ3) is 5.94. The summed E-state index contributed by atoms with van der Waals surface area (Å²) >= 11 is 15.2. The van der Waals surface area contributed by atoms with Crippen LogP contribution in [0.2, 0.25) is 10.0 Å². The van der Waals surface area contributed by atoms with Crippen molar-refractivity contribution in [1.29, 1.82) is 0 Å². The first kappa shape index (κ1) is 23.0. The van der Waals surface area contributed by atoms with Gasteiger partial charge < -0.3 is 9.88 Å². The molecule has 0 saturated carbocycles. The summed E-state index contributed by atoms with van der Waals surface area (Å²) in [4.78, 5) is 12.4. The summed E-state index contributed by atoms with van der Waals surface area (Å²) in [5.41, 5.74) is 4.00. The minimum absolute atomic E-state index is 0.0614. The number of halogens is 2. The Morgan fingerprint density at radius 2 is 1.83 bits per heavy atom. The molecule has 30 heavy (non-hydrogen) atoms. The SMILES string of the molecule is Cc1cccc(C)c1NC(=O)CSc1nnc(CSCc2ccc(Cl)cc2Cl)n1C. The van der Waals surface area contributed by atoms with Gasteiger partial charge >= 0.3 is 0 Å². The summed E-state index contributed by atoms with van der Waals surface area (Å²) in [5, 5.41) is 13.5. The third-order valence-corrected chi connectivity index (χ3v) is 7.09. The van der Waals surface area contributed by atoms with Gasteiger partial charge in [0.1, 0.15) is 5.82 Å². The van der Waals surface area contributed by atoms with Crippen LogP contribution in [0.5, 0.6) is 0 Å². The van der Waals surface area contributed by atoms with Crippen LogP contribution < -0.4 is 5.32 Å². The lowest BCUT2D eigenvalue weighted by Crippen LogP contribution is -2.16. The van der Waals surface area contributed by atoms with E-state index in [-0.39, 0.29) is 11.7 Å². The minimum Gasteiger partial charge on any atom is -0.325 e. The summed E-state index contributed by atoms with van der Waals surface area (Å²) in [6.45, 7) is 3.97. The Kier molecular flexibility index (Phi) is 8.11. The van der Waals surface area contributed by atoms with E-state index >= 15 is 0 Å². The average Bonchev–Trinajstić information content (AvgIpc) is 3.05. The van der Waals surface area contributed by atoms with E-state index in [1.807, 2.05) is 55.8 Å². The number of aryl methyl sites for hydroxylation is 2. The van der Waals surface area contributed by atoms with Crippen molar-refractivity contribution in [3.8, 4) is 0 Å². The molecule has 0 aliphatic rings. The summed E-state index contributed by atoms with van der Waals surface area (Å²) < 4.78 is 1.92. The number of anilines is 1. The standard InChI is InChI=1S/C21H22Cl2N4OS2/c1-13-5-4-6-14(2)20(13)24-19(28)12-30-21-26-25-18(27(21)3)11-29-10-15-7-8-16(22)9-17(15)23/h4-9H,10-12H2,1-3H3,(H,24,28). The van der Waals surface area contributed by atoms with Crippen LogP contribution >= 0.6 is 46.7 Å². The first-order chi connectivity index (χ1) is 14.3. The van der Waals surface area contributed by atoms with Crippen LogP contribution in [0.3, 0.4) is 0 Å². The molecule has 3 rings (SSSR count). The molecule has 1 N–H and O–H groups in total. The van der Waals surface area contributed by atoms with Crippen molar-refractivity contribution >= 4 is 58.3 Å². The van der Waals surface area contributed by atoms with Gasteiger partial charge in [-0.3, -0.25) is 4.79 Å². The van der Waals surface area contributed by atoms with E-state index in [1.165, 1.54) is 11.8 Å². The van der Waals surface area contributed by atoms with Gasteiger partial charge in [0.15, 0.2) is 5.16 Å². The molecule has 0 saturated heterocycles. The number of rotatable bonds is 8. The van der Waals surface area contributed by atoms with E-state index in [4.69, 9.17) is 23.2 Å². The highest BCUT2D eigenvalue weighted by Gasteiger charge is 2.13. The van der Waals surface area contributed by atoms with Crippen molar-refractivity contribution in [2.75, 3.05) is 11.1 Å². The van der Waals surface area contributed by atoms with Crippen LogP contribution in [0.4, 0.5) is 5.69 Å². The van der Waals surface area contributed by atoms with Gasteiger partial charge in [-0.15, -0.1) is 22.0 Å². The highest BCUT2D eigenvalue weighted by Crippen LogP contribution is 2.27. The maximum absolute atomic E-state index is 12.4. The van der Waals surface area contributed by atoms with E-state index in [9.17, 15) is 4.79 Å². The van der Waals surface area contributed by atoms with E-state index in [0.717, 1.165) is 34.0 Å². The molecule has 0 fully saturated rings. The average molecular weight is 481 g/mol. The number of nitrogens with zero attached hydrogens (tertiary/aromatic N) is 3. The molecule has 1 heterocycles. The molecule has 9 heteroatoms. The molecule has 1 aromatic heterocycles. The predicted molar refractivity (Wildman–Crippen MR) is 128 cm³/mol. The molecular weight excluding hydrogens is 459 g/mol. The molecular formula is C21H22Cl2N4OS2. The van der Waals surface area contributed by atoms with Gasteiger partial charge in [0.05, 0.1) is 11.5 Å². The molecule has 0 aliphatic carbocycles. The highest BCUT2D eigenvalue weighted by atomic mass is 35.5. The smallest absolute Gasteiger partial charge is 0.234 e. The zero-order valence-corrected chi connectivity index (χ0v) is 20.1. The van der Waals surface area contributed by atoms with E-state index < -0.39 is 0 Å². The quantitative estimate of drug-likeness (QED) is 0.406. The van der Waals surface area contributed by atoms with E-state index in [1.54, 1.807) is 17.8 Å². The van der Waals surface area contributed by atoms with Crippen LogP contribution in [0.15, 0.2) is 41.6 Å². The molecule has 0 aliphatic heterocycles. The van der Waals surface area contributed by atoms with Crippen LogP contribution in [-0.4, -0.2) is 26.4 Å². The van der Waals surface area contributed by atoms with Crippen molar-refractivity contribution in [3.05, 3.63) is 69.0 Å². The van der Waals surface area contributed by atoms with Gasteiger partial charge in [0.25, 0.3) is 0 Å². The number of aromatic nitrogens is 3. The largest absolute Gasteiger partial charge is 0.325 e. The predicted octanol–water partition coefficient (Wildman–Crippen LogP) is 5.90. The van der Waals surface area contributed by atoms with Gasteiger partial charge in [-0.1, -0.05) is 59.2 Å². The minimum atomic E-state index is -0.0614. The molecule has 0 atom stereocenters. The number of thioether (sulfide) groups is 2. The van der Waals surface area contributed by atoms with Gasteiger partial charge in [-0.25, -0.2) is 0 Å². The van der Waals surface area contributed by atoms with Crippen molar-refractivity contribution in [3.63, 3.8) is 0 Å². The molecule has 0 radical (unpaired) electrons. The Morgan fingerprint density at radius 3 is 2.53 bits per heavy atom. The van der Waals surface area contributed by atoms with Crippen molar-refractivity contribution in [2.45, 2.75) is 30.5 Å². The fourth-order valence-corrected chi connectivity index (χ4v) is 5.10. The Bertz CT molecular complexity index is 1040. The van der Waals surface area contributed by atoms with Gasteiger partial charge in [0, 0.05) is 28.5 Å². The topological polar surface area (TPSA) is 59.8 Å². The van der Waals surface area contributed by atoms with E-state index in [2.05, 4.69) is 15.5 Å². The van der Waals surface area contributed by atoms with Crippen LogP contribution in [0.1, 0.15) is 22.5 Å². The van der Waals surface area contributed by atoms with Crippen LogP contribution in [0.25, 0.3) is 0 Å². The van der Waals surface area contributed by atoms with Gasteiger partial charge in [-0.2, -0.15) is 0 Å². The Hall–Kier alpha value is -1.67. The lowest BCUT2D eigenvalue weighted by Gasteiger charge is -2.11. The molecule has 1 amide bonds. The Morgan fingerprint density at radius 1 is 1.10 bits per heavy atom. The second-order valence-electron chi connectivity index (χ2n) is 6.79. The first-order valence-electron chi connectivity index (χ1n) is 9.24. The molecule has 0 bridgehead atoms. The summed E-state index contributed by atoms with van der Waals surface area (Å²) in [6.07, 6.45) is 0. The second kappa shape index (κ2) is 10.6. The summed E-state index contributed by atoms with van der Waals surface area (Å²) in [7, 11) is 1.91. The zero-order chi connectivity index (χ0) is 21.7. The fraction of sp³-hybridized carbons (Fsp3) is 0.286. The summed E-state index contributed by atoms with van der Waals surface area (Å²) in [5.74, 6) is 2.51. The second-order valence-corrected chi connectivity index (χ2v) is 9.56. The maximum Gasteiger partial charge on any atom is 0.234 e. The first-order valence-corrected chi connectivity index (χ1v) is 12.1. The number of hydrogen-bond donors (Lipinski definition) is 1. The zero-order valence-electron chi connectivity index (χ0n) is 16.9. The molecule has 2 aromatic carbocycles. The third-order valence-electron chi connectivity index (χ3n) is 4.51. The summed E-state index contributed by atoms with van der Waals surface area (Å²) in [6, 6.07) is 11.5. The monoisotopic (exact) mass is 480 g/mol. The number of hydrogen-bond acceptors (Lipinski definition) is 5. The number of nitrogens with one attached hydrogen (secondary N) is 1. The number of carbonyl (C=O) groups excluding carboxylic acids is 1. The lowest BCUT2D eigenvalue weighted by atomic mass is 10.1. The number of carbonyl (C=O) groups is 1. The number of benzene rings is 2. The Labute approximate surface area is 194 Å². The molecule has 3 aromatic rings. The van der Waals surface area contributed by atoms with E-state index in [0.29, 0.717) is 21.0 Å². The molecule has 0 spiro atoms. The molecule has 5 nitrogen and oxygen atoms in total. The van der Waals surface area contributed by atoms with Crippen LogP contribution in [-0.2, 0) is 23.3 Å². The number of para-hydroxylation sites is 1. The highest BCUT2D eigenvalue weighted by molar-refractivity contribution is 7.99. The fourth-order valence-electron chi connectivity index (χ4n) is 2.80. The van der Waals surface area contributed by atoms with Gasteiger partial charge in [0.2, 0.25) is 5.91 Å². The van der Waals surface area contributed by atoms with Crippen LogP contribution in [0, 0.1) is 13.8 Å². The lowest BCUT2D eigenvalue weighted by molar-refractivity contribution is -0.113. The maximum atomic E-state index is 12.4. The normalized spacial score (nSPS) is 11.0. The van der Waals surface area contributed by atoms with Crippen molar-refractivity contribution in [1.82, 2.24) is 14.8 Å². The van der Waals surface area contributed by atoms with Crippen molar-refractivity contribution < 1.29 is 4.79 Å². The Balaban J connectivity index is 1.52.